The van der Waals surface area contributed by atoms with Gasteiger partial charge in [0.1, 0.15) is 5.82 Å². The molecule has 1 saturated heterocycles. The number of carbonyl (C=O) groups excluding carboxylic acids is 1. The molecular weight excluding hydrogens is 413 g/mol. The first-order valence-electron chi connectivity index (χ1n) is 11.0. The third-order valence-electron chi connectivity index (χ3n) is 6.29. The van der Waals surface area contributed by atoms with Crippen molar-refractivity contribution < 1.29 is 23.8 Å². The van der Waals surface area contributed by atoms with E-state index in [1.807, 2.05) is 0 Å². The Morgan fingerprint density at radius 2 is 2.22 bits per heavy atom. The molecule has 0 saturated carbocycles. The summed E-state index contributed by atoms with van der Waals surface area (Å²) in [6.45, 7) is 1.43. The molecular formula is C24H28FN3O4. The monoisotopic (exact) mass is 441 g/mol. The van der Waals surface area contributed by atoms with Crippen LogP contribution in [0.2, 0.25) is 0 Å². The summed E-state index contributed by atoms with van der Waals surface area (Å²) in [5.74, 6) is -0.756. The van der Waals surface area contributed by atoms with Crippen LogP contribution in [0.5, 0.6) is 5.75 Å². The molecule has 1 amide bonds. The van der Waals surface area contributed by atoms with Crippen LogP contribution in [-0.2, 0) is 22.4 Å². The fraction of sp³-hybridized carbons (Fsp3) is 0.458. The number of aromatic nitrogens is 1. The van der Waals surface area contributed by atoms with Crippen LogP contribution in [0.15, 0.2) is 30.3 Å². The van der Waals surface area contributed by atoms with Crippen LogP contribution in [-0.4, -0.2) is 47.1 Å². The minimum atomic E-state index is -1.03. The number of anilines is 1. The maximum absolute atomic E-state index is 14.2. The molecule has 2 aliphatic heterocycles. The normalized spacial score (nSPS) is 18.4. The Bertz CT molecular complexity index is 1010. The van der Waals surface area contributed by atoms with Gasteiger partial charge in [-0.15, -0.1) is 0 Å². The molecule has 0 aliphatic carbocycles. The molecule has 32 heavy (non-hydrogen) atoms. The first-order chi connectivity index (χ1) is 15.5. The molecule has 2 aromatic rings. The van der Waals surface area contributed by atoms with E-state index in [1.165, 1.54) is 24.8 Å². The number of ether oxygens (including phenoxy) is 1. The van der Waals surface area contributed by atoms with Crippen LogP contribution in [0.4, 0.5) is 10.2 Å². The molecule has 170 valence electrons. The van der Waals surface area contributed by atoms with Gasteiger partial charge in [-0.1, -0.05) is 12.1 Å². The number of aryl methyl sites for hydroxylation is 2. The van der Waals surface area contributed by atoms with Gasteiger partial charge in [-0.25, -0.2) is 9.37 Å². The summed E-state index contributed by atoms with van der Waals surface area (Å²) in [6, 6.07) is 7.83. The van der Waals surface area contributed by atoms with E-state index in [-0.39, 0.29) is 24.0 Å². The number of carboxylic acid groups (broad SMARTS) is 1. The number of hydrogen-bond donors (Lipinski definition) is 2. The van der Waals surface area contributed by atoms with Crippen LogP contribution in [0.3, 0.4) is 0 Å². The van der Waals surface area contributed by atoms with E-state index in [9.17, 15) is 19.1 Å². The Kier molecular flexibility index (Phi) is 6.58. The van der Waals surface area contributed by atoms with Crippen molar-refractivity contribution in [3.63, 3.8) is 0 Å². The fourth-order valence-corrected chi connectivity index (χ4v) is 4.52. The van der Waals surface area contributed by atoms with Crippen molar-refractivity contribution in [1.82, 2.24) is 9.88 Å². The van der Waals surface area contributed by atoms with Crippen LogP contribution >= 0.6 is 0 Å². The largest absolute Gasteiger partial charge is 0.494 e. The number of methoxy groups -OCH3 is 1. The Morgan fingerprint density at radius 3 is 2.94 bits per heavy atom. The molecule has 0 bridgehead atoms. The molecule has 1 aromatic heterocycles. The Balaban J connectivity index is 1.34. The van der Waals surface area contributed by atoms with E-state index < -0.39 is 17.8 Å². The maximum atomic E-state index is 14.2. The second-order valence-corrected chi connectivity index (χ2v) is 8.43. The second-order valence-electron chi connectivity index (χ2n) is 8.43. The van der Waals surface area contributed by atoms with Gasteiger partial charge in [0.15, 0.2) is 11.6 Å². The highest BCUT2D eigenvalue weighted by atomic mass is 19.1. The minimum Gasteiger partial charge on any atom is -0.494 e. The number of carboxylic acids is 1. The van der Waals surface area contributed by atoms with E-state index in [4.69, 9.17) is 9.72 Å². The lowest BCUT2D eigenvalue weighted by atomic mass is 9.88. The second kappa shape index (κ2) is 9.54. The molecule has 1 unspecified atom stereocenters. The van der Waals surface area contributed by atoms with Gasteiger partial charge >= 0.3 is 5.97 Å². The number of benzene rings is 1. The quantitative estimate of drug-likeness (QED) is 0.578. The highest BCUT2D eigenvalue weighted by molar-refractivity contribution is 5.85. The average Bonchev–Trinajstić information content (AvgIpc) is 2.79. The minimum absolute atomic E-state index is 0.0763. The van der Waals surface area contributed by atoms with Gasteiger partial charge in [-0.3, -0.25) is 9.59 Å². The van der Waals surface area contributed by atoms with E-state index in [0.29, 0.717) is 12.1 Å². The fourth-order valence-electron chi connectivity index (χ4n) is 4.52. The lowest BCUT2D eigenvalue weighted by Crippen LogP contribution is -2.54. The number of fused-ring (bicyclic) bond motifs is 1. The van der Waals surface area contributed by atoms with E-state index in [1.54, 1.807) is 11.0 Å². The van der Waals surface area contributed by atoms with Crippen molar-refractivity contribution in [2.24, 2.45) is 5.92 Å². The van der Waals surface area contributed by atoms with Crippen molar-refractivity contribution in [1.29, 1.82) is 0 Å². The number of aliphatic carboxylic acids is 1. The zero-order chi connectivity index (χ0) is 22.7. The number of carbonyl (C=O) groups is 2. The van der Waals surface area contributed by atoms with Gasteiger partial charge in [0.25, 0.3) is 0 Å². The van der Waals surface area contributed by atoms with Gasteiger partial charge < -0.3 is 20.1 Å². The Morgan fingerprint density at radius 1 is 1.38 bits per heavy atom. The Labute approximate surface area is 186 Å². The molecule has 3 heterocycles. The topological polar surface area (TPSA) is 91.8 Å². The average molecular weight is 442 g/mol. The lowest BCUT2D eigenvalue weighted by Gasteiger charge is -2.43. The SMILES string of the molecule is COc1ccc(C(CC(=O)O)N2C[C@@H](CCCc3ccc4c(n3)NCCC4)C2=O)cc1F. The highest BCUT2D eigenvalue weighted by Crippen LogP contribution is 2.36. The summed E-state index contributed by atoms with van der Waals surface area (Å²) in [5, 5.41) is 12.7. The number of pyridine rings is 1. The molecule has 2 N–H and O–H groups in total. The van der Waals surface area contributed by atoms with Gasteiger partial charge in [-0.2, -0.15) is 0 Å². The summed E-state index contributed by atoms with van der Waals surface area (Å²) in [5.41, 5.74) is 2.73. The predicted molar refractivity (Wildman–Crippen MR) is 117 cm³/mol. The summed E-state index contributed by atoms with van der Waals surface area (Å²) < 4.78 is 19.1. The number of nitrogens with one attached hydrogen (secondary N) is 1. The molecule has 1 aromatic carbocycles. The summed E-state index contributed by atoms with van der Waals surface area (Å²) in [7, 11) is 1.37. The molecule has 0 radical (unpaired) electrons. The number of halogens is 1. The first-order valence-corrected chi connectivity index (χ1v) is 11.0. The molecule has 1 fully saturated rings. The van der Waals surface area contributed by atoms with Gasteiger partial charge in [-0.05, 0) is 61.4 Å². The number of β-lactam (4-membered cyclic amide) rings is 1. The summed E-state index contributed by atoms with van der Waals surface area (Å²) >= 11 is 0. The van der Waals surface area contributed by atoms with Gasteiger partial charge in [0.05, 0.1) is 25.5 Å². The molecule has 0 spiro atoms. The number of nitrogens with zero attached hydrogens (tertiary/aromatic N) is 2. The predicted octanol–water partition coefficient (Wildman–Crippen LogP) is 3.58. The molecule has 8 heteroatoms. The van der Waals surface area contributed by atoms with Crippen LogP contribution < -0.4 is 10.1 Å². The summed E-state index contributed by atoms with van der Waals surface area (Å²) in [6.07, 6.45) is 4.25. The van der Waals surface area contributed by atoms with E-state index in [2.05, 4.69) is 17.4 Å². The number of rotatable bonds is 9. The standard InChI is InChI=1S/C24H28FN3O4/c1-32-21-10-8-16(12-19(21)25)20(13-22(29)30)28-14-17(24(28)31)4-2-6-18-9-7-15-5-3-11-26-23(15)27-18/h7-10,12,17,20H,2-6,11,13-14H2,1H3,(H,26,27)(H,29,30)/t17-,20?/m1/s1. The Hall–Kier alpha value is -3.16. The van der Waals surface area contributed by atoms with Gasteiger partial charge in [0, 0.05) is 18.8 Å². The first kappa shape index (κ1) is 22.0. The third kappa shape index (κ3) is 4.69. The lowest BCUT2D eigenvalue weighted by molar-refractivity contribution is -0.154. The van der Waals surface area contributed by atoms with Crippen molar-refractivity contribution in [2.75, 3.05) is 25.5 Å². The maximum Gasteiger partial charge on any atom is 0.305 e. The van der Waals surface area contributed by atoms with Crippen LogP contribution in [0, 0.1) is 11.7 Å². The molecule has 7 nitrogen and oxygen atoms in total. The molecule has 2 aliphatic rings. The van der Waals surface area contributed by atoms with Gasteiger partial charge in [0.2, 0.25) is 5.91 Å². The van der Waals surface area contributed by atoms with E-state index in [0.717, 1.165) is 50.2 Å². The van der Waals surface area contributed by atoms with Crippen molar-refractivity contribution >= 4 is 17.7 Å². The zero-order valence-corrected chi connectivity index (χ0v) is 18.1. The number of amides is 1. The van der Waals surface area contributed by atoms with E-state index >= 15 is 0 Å². The third-order valence-corrected chi connectivity index (χ3v) is 6.29. The molecule has 4 rings (SSSR count). The smallest absolute Gasteiger partial charge is 0.305 e. The number of hydrogen-bond acceptors (Lipinski definition) is 5. The van der Waals surface area contributed by atoms with Crippen molar-refractivity contribution in [2.45, 2.75) is 44.6 Å². The van der Waals surface area contributed by atoms with Crippen LogP contribution in [0.1, 0.15) is 48.5 Å². The zero-order valence-electron chi connectivity index (χ0n) is 18.1. The number of likely N-dealkylation sites (tertiary alicyclic amines) is 1. The van der Waals surface area contributed by atoms with Crippen molar-refractivity contribution in [3.05, 3.63) is 53.0 Å². The highest BCUT2D eigenvalue weighted by Gasteiger charge is 2.41. The summed E-state index contributed by atoms with van der Waals surface area (Å²) in [4.78, 5) is 30.4. The van der Waals surface area contributed by atoms with Crippen molar-refractivity contribution in [3.8, 4) is 5.75 Å². The van der Waals surface area contributed by atoms with Crippen LogP contribution in [0.25, 0.3) is 0 Å². The molecule has 2 atom stereocenters.